The lowest BCUT2D eigenvalue weighted by molar-refractivity contribution is 0.308. The maximum absolute atomic E-state index is 11.2. The third-order valence-corrected chi connectivity index (χ3v) is 7.31. The predicted molar refractivity (Wildman–Crippen MR) is 87.5 cm³/mol. The van der Waals surface area contributed by atoms with Gasteiger partial charge in [0.1, 0.15) is 0 Å². The molecule has 0 spiro atoms. The molecule has 0 saturated heterocycles. The summed E-state index contributed by atoms with van der Waals surface area (Å²) in [6.07, 6.45) is 3.93. The summed E-state index contributed by atoms with van der Waals surface area (Å²) in [4.78, 5) is 49.3. The Morgan fingerprint density at radius 3 is 1.57 bits per heavy atom. The Morgan fingerprint density at radius 2 is 1.26 bits per heavy atom. The number of rotatable bonds is 9. The molecule has 0 fully saturated rings. The summed E-state index contributed by atoms with van der Waals surface area (Å²) in [5.41, 5.74) is 0. The molecule has 13 heteroatoms. The van der Waals surface area contributed by atoms with Crippen LogP contribution in [0.25, 0.3) is 0 Å². The molecule has 0 aliphatic rings. The van der Waals surface area contributed by atoms with Crippen LogP contribution in [-0.4, -0.2) is 54.0 Å². The van der Waals surface area contributed by atoms with Crippen molar-refractivity contribution in [1.82, 2.24) is 5.32 Å². The van der Waals surface area contributed by atoms with E-state index in [1.807, 2.05) is 0 Å². The lowest BCUT2D eigenvalue weighted by Gasteiger charge is -2.31. The van der Waals surface area contributed by atoms with E-state index in [1.165, 1.54) is 0 Å². The number of hydrogen-bond acceptors (Lipinski definition) is 4. The maximum Gasteiger partial charge on any atom is 0.344 e. The van der Waals surface area contributed by atoms with Crippen molar-refractivity contribution in [2.45, 2.75) is 44.4 Å². The third-order valence-electron chi connectivity index (χ3n) is 2.92. The Bertz CT molecular complexity index is 436. The molecule has 0 unspecified atom stereocenters. The van der Waals surface area contributed by atoms with Gasteiger partial charge in [-0.05, 0) is 19.9 Å². The highest BCUT2D eigenvalue weighted by atomic mass is 31.2. The van der Waals surface area contributed by atoms with Crippen LogP contribution in [0.4, 0.5) is 0 Å². The number of unbranched alkanes of at least 4 members (excludes halogenated alkanes) is 3. The highest BCUT2D eigenvalue weighted by Gasteiger charge is 2.55. The maximum atomic E-state index is 11.2. The van der Waals surface area contributed by atoms with Crippen LogP contribution in [0.15, 0.2) is 0 Å². The minimum atomic E-state index is -4.90. The Labute approximate surface area is 136 Å². The van der Waals surface area contributed by atoms with Crippen molar-refractivity contribution in [2.75, 3.05) is 19.8 Å². The second-order valence-corrected chi connectivity index (χ2v) is 11.6. The van der Waals surface area contributed by atoms with Gasteiger partial charge in [0.15, 0.2) is 4.90 Å². The van der Waals surface area contributed by atoms with Crippen molar-refractivity contribution >= 4 is 22.8 Å². The van der Waals surface area contributed by atoms with Gasteiger partial charge in [-0.15, -0.1) is 0 Å². The van der Waals surface area contributed by atoms with Crippen molar-refractivity contribution in [1.29, 1.82) is 0 Å². The highest BCUT2D eigenvalue weighted by molar-refractivity contribution is 7.72. The molecule has 0 radical (unpaired) electrons. The summed E-state index contributed by atoms with van der Waals surface area (Å²) in [6, 6.07) is 0. The van der Waals surface area contributed by atoms with Gasteiger partial charge >= 0.3 is 22.8 Å². The molecule has 10 nitrogen and oxygen atoms in total. The van der Waals surface area contributed by atoms with Gasteiger partial charge < -0.3 is 34.7 Å². The van der Waals surface area contributed by atoms with Crippen molar-refractivity contribution in [3.05, 3.63) is 0 Å². The monoisotopic (exact) mass is 399 g/mol. The van der Waals surface area contributed by atoms with Crippen LogP contribution < -0.4 is 5.32 Å². The van der Waals surface area contributed by atoms with Gasteiger partial charge in [-0.25, -0.2) is 0 Å². The van der Waals surface area contributed by atoms with E-state index in [2.05, 4.69) is 12.2 Å². The second-order valence-electron chi connectivity index (χ2n) is 5.38. The van der Waals surface area contributed by atoms with Crippen LogP contribution in [0, 0.1) is 0 Å². The highest BCUT2D eigenvalue weighted by Crippen LogP contribution is 2.68. The molecule has 7 N–H and O–H groups in total. The molecule has 0 saturated carbocycles. The number of hydrogen-bond donors (Lipinski definition) is 7. The molecule has 23 heavy (non-hydrogen) atoms. The topological polar surface area (TPSA) is 185 Å². The quantitative estimate of drug-likeness (QED) is 0.218. The third kappa shape index (κ3) is 12.4. The van der Waals surface area contributed by atoms with Gasteiger partial charge in [-0.3, -0.25) is 13.7 Å². The summed E-state index contributed by atoms with van der Waals surface area (Å²) < 4.78 is 31.8. The molecule has 0 amide bonds. The van der Waals surface area contributed by atoms with Gasteiger partial charge in [-0.1, -0.05) is 26.2 Å². The smallest absolute Gasteiger partial charge is 0.325 e. The zero-order chi connectivity index (χ0) is 18.9. The lowest BCUT2D eigenvalue weighted by atomic mass is 10.2. The van der Waals surface area contributed by atoms with Gasteiger partial charge in [0.2, 0.25) is 0 Å². The van der Waals surface area contributed by atoms with E-state index in [9.17, 15) is 13.7 Å². The zero-order valence-electron chi connectivity index (χ0n) is 13.5. The van der Waals surface area contributed by atoms with Crippen molar-refractivity contribution in [3.63, 3.8) is 0 Å². The van der Waals surface area contributed by atoms with E-state index in [4.69, 9.17) is 29.4 Å². The molecule has 0 aromatic carbocycles. The molecular formula is C10H28NO9P3. The summed E-state index contributed by atoms with van der Waals surface area (Å²) in [5.74, 6) is 0. The fraction of sp³-hybridized carbons (Fsp3) is 1.00. The average Bonchev–Trinajstić information content (AvgIpc) is 2.28. The van der Waals surface area contributed by atoms with Crippen molar-refractivity contribution < 1.29 is 43.1 Å². The summed E-state index contributed by atoms with van der Waals surface area (Å²) in [7, 11) is -13.4. The molecular weight excluding hydrogens is 371 g/mol. The standard InChI is InChI=1S/C9H23NO6P2.CH5O3P/c1-3-4-5-6-7-10-8-9(2,17(11,12)13)18(14,15)16;1-5(2,3)4/h10H,3-8H2,1-2H3,(H2,11,12,13)(H2,14,15,16);1H3,(H2,2,3,4). The molecule has 0 heterocycles. The Morgan fingerprint density at radius 1 is 0.870 bits per heavy atom. The second kappa shape index (κ2) is 10.4. The summed E-state index contributed by atoms with van der Waals surface area (Å²) in [6.45, 7) is 3.90. The van der Waals surface area contributed by atoms with Crippen LogP contribution in [0.3, 0.4) is 0 Å². The first kappa shape index (κ1) is 25.6. The molecule has 0 aromatic rings. The summed E-state index contributed by atoms with van der Waals surface area (Å²) >= 11 is 0. The first-order chi connectivity index (χ1) is 10.1. The normalized spacial score (nSPS) is 13.4. The zero-order valence-corrected chi connectivity index (χ0v) is 16.2. The SMILES string of the molecule is CCCCCCNCC(C)(P(=O)(O)O)P(=O)(O)O.CP(=O)(O)O. The first-order valence-electron chi connectivity index (χ1n) is 6.91. The van der Waals surface area contributed by atoms with Crippen LogP contribution >= 0.6 is 22.8 Å². The summed E-state index contributed by atoms with van der Waals surface area (Å²) in [5, 5.41) is 2.71. The first-order valence-corrected chi connectivity index (χ1v) is 12.2. The lowest BCUT2D eigenvalue weighted by Crippen LogP contribution is -2.38. The molecule has 0 aliphatic heterocycles. The van der Waals surface area contributed by atoms with E-state index in [-0.39, 0.29) is 0 Å². The van der Waals surface area contributed by atoms with Crippen LogP contribution in [0.5, 0.6) is 0 Å². The van der Waals surface area contributed by atoms with E-state index >= 15 is 0 Å². The van der Waals surface area contributed by atoms with Crippen LogP contribution in [0.1, 0.15) is 39.5 Å². The molecule has 142 valence electrons. The molecule has 0 rings (SSSR count). The van der Waals surface area contributed by atoms with Crippen LogP contribution in [0.2, 0.25) is 0 Å². The van der Waals surface area contributed by atoms with E-state index in [0.29, 0.717) is 6.54 Å². The predicted octanol–water partition coefficient (Wildman–Crippen LogP) is 1.02. The van der Waals surface area contributed by atoms with Crippen molar-refractivity contribution in [2.24, 2.45) is 0 Å². The van der Waals surface area contributed by atoms with Crippen LogP contribution in [-0.2, 0) is 13.7 Å². The number of nitrogens with one attached hydrogen (secondary N) is 1. The average molecular weight is 399 g/mol. The van der Waals surface area contributed by atoms with Gasteiger partial charge in [0.25, 0.3) is 0 Å². The van der Waals surface area contributed by atoms with Gasteiger partial charge in [0, 0.05) is 13.2 Å². The Hall–Kier alpha value is 0.410. The van der Waals surface area contributed by atoms with E-state index < -0.39 is 34.2 Å². The fourth-order valence-corrected chi connectivity index (χ4v) is 3.37. The molecule has 0 aliphatic carbocycles. The Kier molecular flexibility index (Phi) is 11.6. The fourth-order valence-electron chi connectivity index (χ4n) is 1.38. The molecule has 0 bridgehead atoms. The van der Waals surface area contributed by atoms with Gasteiger partial charge in [0.05, 0.1) is 0 Å². The van der Waals surface area contributed by atoms with E-state index in [0.717, 1.165) is 39.3 Å². The van der Waals surface area contributed by atoms with E-state index in [1.54, 1.807) is 0 Å². The molecule has 0 atom stereocenters. The minimum Gasteiger partial charge on any atom is -0.325 e. The van der Waals surface area contributed by atoms with Crippen molar-refractivity contribution in [3.8, 4) is 0 Å². The largest absolute Gasteiger partial charge is 0.344 e. The van der Waals surface area contributed by atoms with Gasteiger partial charge in [-0.2, -0.15) is 0 Å². The Balaban J connectivity index is 0. The molecule has 0 aromatic heterocycles. The minimum absolute atomic E-state index is 0.409.